The van der Waals surface area contributed by atoms with Crippen LogP contribution in [0.2, 0.25) is 0 Å². The van der Waals surface area contributed by atoms with Crippen molar-refractivity contribution < 1.29 is 9.47 Å². The lowest BCUT2D eigenvalue weighted by Gasteiger charge is -2.34. The van der Waals surface area contributed by atoms with Gasteiger partial charge in [-0.05, 0) is 6.07 Å². The van der Waals surface area contributed by atoms with E-state index in [4.69, 9.17) is 9.47 Å². The van der Waals surface area contributed by atoms with Crippen LogP contribution in [0.1, 0.15) is 18.7 Å². The predicted octanol–water partition coefficient (Wildman–Crippen LogP) is 1.17. The summed E-state index contributed by atoms with van der Waals surface area (Å²) in [5.74, 6) is 1.55. The van der Waals surface area contributed by atoms with Crippen molar-refractivity contribution in [1.29, 1.82) is 0 Å². The Morgan fingerprint density at radius 1 is 1.44 bits per heavy atom. The van der Waals surface area contributed by atoms with E-state index in [1.54, 1.807) is 13.3 Å². The Kier molecular flexibility index (Phi) is 3.36. The lowest BCUT2D eigenvalue weighted by molar-refractivity contribution is -0.0999. The standard InChI is InChI=1S/C11H17N3O2/c1-12-9-3-6-13-10(14-9)11(15-2)4-7-16-8-5-11/h3,6H,4-5,7-8H2,1-2H3,(H,12,13,14). The second-order valence-corrected chi connectivity index (χ2v) is 3.83. The third-order valence-corrected chi connectivity index (χ3v) is 3.01. The van der Waals surface area contributed by atoms with Gasteiger partial charge in [-0.15, -0.1) is 0 Å². The van der Waals surface area contributed by atoms with Crippen molar-refractivity contribution in [2.24, 2.45) is 0 Å². The Morgan fingerprint density at radius 2 is 2.19 bits per heavy atom. The SMILES string of the molecule is CNc1ccnc(C2(OC)CCOCC2)n1. The molecule has 0 unspecified atom stereocenters. The molecule has 5 nitrogen and oxygen atoms in total. The topological polar surface area (TPSA) is 56.3 Å². The minimum absolute atomic E-state index is 0.384. The Hall–Kier alpha value is -1.20. The number of methoxy groups -OCH3 is 1. The highest BCUT2D eigenvalue weighted by Crippen LogP contribution is 2.33. The van der Waals surface area contributed by atoms with Gasteiger partial charge >= 0.3 is 0 Å². The molecule has 5 heteroatoms. The van der Waals surface area contributed by atoms with Crippen LogP contribution >= 0.6 is 0 Å². The van der Waals surface area contributed by atoms with Crippen LogP contribution in [0.3, 0.4) is 0 Å². The molecule has 1 aliphatic rings. The van der Waals surface area contributed by atoms with Gasteiger partial charge in [-0.3, -0.25) is 0 Å². The highest BCUT2D eigenvalue weighted by Gasteiger charge is 2.37. The summed E-state index contributed by atoms with van der Waals surface area (Å²) < 4.78 is 11.0. The lowest BCUT2D eigenvalue weighted by atomic mass is 9.93. The minimum atomic E-state index is -0.384. The lowest BCUT2D eigenvalue weighted by Crippen LogP contribution is -2.37. The first-order valence-corrected chi connectivity index (χ1v) is 5.45. The van der Waals surface area contributed by atoms with Crippen molar-refractivity contribution in [2.45, 2.75) is 18.4 Å². The number of aromatic nitrogens is 2. The molecular weight excluding hydrogens is 206 g/mol. The monoisotopic (exact) mass is 223 g/mol. The fourth-order valence-corrected chi connectivity index (χ4v) is 1.94. The van der Waals surface area contributed by atoms with Gasteiger partial charge in [0.05, 0.1) is 0 Å². The molecule has 2 rings (SSSR count). The van der Waals surface area contributed by atoms with Gasteiger partial charge in [0.25, 0.3) is 0 Å². The smallest absolute Gasteiger partial charge is 0.162 e. The van der Waals surface area contributed by atoms with Crippen LogP contribution < -0.4 is 5.32 Å². The van der Waals surface area contributed by atoms with Crippen molar-refractivity contribution in [3.05, 3.63) is 18.1 Å². The van der Waals surface area contributed by atoms with Crippen LogP contribution in [0.5, 0.6) is 0 Å². The molecule has 1 aromatic rings. The third-order valence-electron chi connectivity index (χ3n) is 3.01. The maximum Gasteiger partial charge on any atom is 0.162 e. The zero-order valence-corrected chi connectivity index (χ0v) is 9.69. The summed E-state index contributed by atoms with van der Waals surface area (Å²) >= 11 is 0. The second kappa shape index (κ2) is 4.76. The fraction of sp³-hybridized carbons (Fsp3) is 0.636. The number of hydrogen-bond acceptors (Lipinski definition) is 5. The highest BCUT2D eigenvalue weighted by molar-refractivity contribution is 5.32. The Labute approximate surface area is 95.2 Å². The molecule has 1 fully saturated rings. The number of ether oxygens (including phenoxy) is 2. The van der Waals surface area contributed by atoms with Crippen molar-refractivity contribution in [2.75, 3.05) is 32.7 Å². The normalized spacial score (nSPS) is 19.4. The van der Waals surface area contributed by atoms with Gasteiger partial charge < -0.3 is 14.8 Å². The minimum Gasteiger partial charge on any atom is -0.381 e. The second-order valence-electron chi connectivity index (χ2n) is 3.83. The molecule has 0 amide bonds. The van der Waals surface area contributed by atoms with Gasteiger partial charge in [-0.25, -0.2) is 9.97 Å². The Bertz CT molecular complexity index is 351. The first-order valence-electron chi connectivity index (χ1n) is 5.45. The van der Waals surface area contributed by atoms with Gasteiger partial charge in [-0.1, -0.05) is 0 Å². The van der Waals surface area contributed by atoms with Gasteiger partial charge in [0.15, 0.2) is 5.82 Å². The van der Waals surface area contributed by atoms with Crippen LogP contribution in [0.25, 0.3) is 0 Å². The molecule has 88 valence electrons. The molecule has 0 spiro atoms. The van der Waals surface area contributed by atoms with E-state index in [0.29, 0.717) is 13.2 Å². The fourth-order valence-electron chi connectivity index (χ4n) is 1.94. The van der Waals surface area contributed by atoms with Gasteiger partial charge in [0.2, 0.25) is 0 Å². The number of nitrogens with zero attached hydrogens (tertiary/aromatic N) is 2. The highest BCUT2D eigenvalue weighted by atomic mass is 16.5. The Balaban J connectivity index is 2.31. The summed E-state index contributed by atoms with van der Waals surface area (Å²) in [6, 6.07) is 1.84. The van der Waals surface area contributed by atoms with Gasteiger partial charge in [0.1, 0.15) is 11.4 Å². The van der Waals surface area contributed by atoms with Crippen LogP contribution in [0, 0.1) is 0 Å². The molecule has 1 aliphatic heterocycles. The molecule has 0 radical (unpaired) electrons. The van der Waals surface area contributed by atoms with E-state index in [1.165, 1.54) is 0 Å². The van der Waals surface area contributed by atoms with E-state index in [0.717, 1.165) is 24.5 Å². The number of nitrogens with one attached hydrogen (secondary N) is 1. The van der Waals surface area contributed by atoms with Crippen molar-refractivity contribution >= 4 is 5.82 Å². The molecule has 0 atom stereocenters. The van der Waals surface area contributed by atoms with E-state index >= 15 is 0 Å². The van der Waals surface area contributed by atoms with Gasteiger partial charge in [0, 0.05) is 46.4 Å². The van der Waals surface area contributed by atoms with E-state index in [9.17, 15) is 0 Å². The molecule has 0 aromatic carbocycles. The van der Waals surface area contributed by atoms with Crippen molar-refractivity contribution in [3.8, 4) is 0 Å². The first-order chi connectivity index (χ1) is 7.80. The van der Waals surface area contributed by atoms with Crippen LogP contribution in [-0.4, -0.2) is 37.3 Å². The summed E-state index contributed by atoms with van der Waals surface area (Å²) in [5.41, 5.74) is -0.384. The molecule has 1 aromatic heterocycles. The number of anilines is 1. The molecule has 1 N–H and O–H groups in total. The quantitative estimate of drug-likeness (QED) is 0.833. The maximum atomic E-state index is 5.63. The van der Waals surface area contributed by atoms with E-state index < -0.39 is 0 Å². The largest absolute Gasteiger partial charge is 0.381 e. The maximum absolute atomic E-state index is 5.63. The molecule has 2 heterocycles. The average Bonchev–Trinajstić information content (AvgIpc) is 2.39. The predicted molar refractivity (Wildman–Crippen MR) is 60.3 cm³/mol. The van der Waals surface area contributed by atoms with Crippen molar-refractivity contribution in [3.63, 3.8) is 0 Å². The van der Waals surface area contributed by atoms with Crippen LogP contribution in [0.4, 0.5) is 5.82 Å². The summed E-state index contributed by atoms with van der Waals surface area (Å²) in [6.45, 7) is 1.39. The summed E-state index contributed by atoms with van der Waals surface area (Å²) in [5, 5.41) is 3.01. The molecule has 1 saturated heterocycles. The Morgan fingerprint density at radius 3 is 2.81 bits per heavy atom. The molecule has 0 aliphatic carbocycles. The zero-order valence-electron chi connectivity index (χ0n) is 9.69. The summed E-state index contributed by atoms with van der Waals surface area (Å²) in [4.78, 5) is 8.78. The van der Waals surface area contributed by atoms with E-state index in [1.807, 2.05) is 13.1 Å². The van der Waals surface area contributed by atoms with E-state index in [2.05, 4.69) is 15.3 Å². The summed E-state index contributed by atoms with van der Waals surface area (Å²) in [6.07, 6.45) is 3.36. The average molecular weight is 223 g/mol. The van der Waals surface area contributed by atoms with Crippen molar-refractivity contribution in [1.82, 2.24) is 9.97 Å². The third kappa shape index (κ3) is 2.01. The van der Waals surface area contributed by atoms with Gasteiger partial charge in [-0.2, -0.15) is 0 Å². The first kappa shape index (κ1) is 11.3. The molecule has 0 bridgehead atoms. The number of rotatable bonds is 3. The summed E-state index contributed by atoms with van der Waals surface area (Å²) in [7, 11) is 3.55. The van der Waals surface area contributed by atoms with E-state index in [-0.39, 0.29) is 5.60 Å². The number of hydrogen-bond donors (Lipinski definition) is 1. The molecular formula is C11H17N3O2. The van der Waals surface area contributed by atoms with Crippen LogP contribution in [0.15, 0.2) is 12.3 Å². The molecule has 16 heavy (non-hydrogen) atoms. The molecule has 0 saturated carbocycles. The van der Waals surface area contributed by atoms with Crippen LogP contribution in [-0.2, 0) is 15.1 Å². The zero-order chi connectivity index (χ0) is 11.4.